The van der Waals surface area contributed by atoms with E-state index in [-0.39, 0.29) is 5.60 Å². The Balaban J connectivity index is 1.76. The molecule has 1 heteroatoms. The van der Waals surface area contributed by atoms with Gasteiger partial charge >= 0.3 is 0 Å². The lowest BCUT2D eigenvalue weighted by atomic mass is 10.0. The van der Waals surface area contributed by atoms with Crippen LogP contribution in [0.2, 0.25) is 0 Å². The standard InChI is InChI=1S/C15H20O/c1-11-5-4-6-12(9-11)10-15(16)13-7-2-3-8-14(13)15/h4-6,9,13-14,16H,2-3,7-8,10H2,1H3. The molecule has 2 aliphatic rings. The highest BCUT2D eigenvalue weighted by Gasteiger charge is 2.63. The summed E-state index contributed by atoms with van der Waals surface area (Å²) >= 11 is 0. The molecule has 2 unspecified atom stereocenters. The van der Waals surface area contributed by atoms with E-state index < -0.39 is 0 Å². The van der Waals surface area contributed by atoms with Crippen LogP contribution in [0.3, 0.4) is 0 Å². The zero-order chi connectivity index (χ0) is 11.2. The predicted octanol–water partition coefficient (Wildman–Crippen LogP) is 3.09. The highest BCUT2D eigenvalue weighted by molar-refractivity contribution is 5.27. The highest BCUT2D eigenvalue weighted by atomic mass is 16.3. The second kappa shape index (κ2) is 3.59. The minimum Gasteiger partial charge on any atom is -0.389 e. The van der Waals surface area contributed by atoms with E-state index >= 15 is 0 Å². The van der Waals surface area contributed by atoms with Gasteiger partial charge in [-0.25, -0.2) is 0 Å². The lowest BCUT2D eigenvalue weighted by molar-refractivity contribution is 0.119. The molecule has 2 atom stereocenters. The topological polar surface area (TPSA) is 20.2 Å². The highest BCUT2D eigenvalue weighted by Crippen LogP contribution is 2.59. The van der Waals surface area contributed by atoms with Crippen LogP contribution in [-0.2, 0) is 6.42 Å². The molecular weight excluding hydrogens is 196 g/mol. The van der Waals surface area contributed by atoms with Gasteiger partial charge in [-0.15, -0.1) is 0 Å². The van der Waals surface area contributed by atoms with E-state index in [2.05, 4.69) is 31.2 Å². The zero-order valence-corrected chi connectivity index (χ0v) is 9.95. The molecule has 1 aromatic carbocycles. The van der Waals surface area contributed by atoms with E-state index in [0.717, 1.165) is 6.42 Å². The van der Waals surface area contributed by atoms with E-state index in [1.165, 1.54) is 36.8 Å². The van der Waals surface area contributed by atoms with E-state index in [1.807, 2.05) is 0 Å². The van der Waals surface area contributed by atoms with Crippen molar-refractivity contribution in [1.29, 1.82) is 0 Å². The quantitative estimate of drug-likeness (QED) is 0.805. The van der Waals surface area contributed by atoms with Crippen molar-refractivity contribution in [3.05, 3.63) is 35.4 Å². The molecule has 2 aliphatic carbocycles. The van der Waals surface area contributed by atoms with E-state index in [0.29, 0.717) is 11.8 Å². The summed E-state index contributed by atoms with van der Waals surface area (Å²) in [4.78, 5) is 0. The SMILES string of the molecule is Cc1cccc(CC2(O)C3CCCCC32)c1. The Labute approximate surface area is 97.5 Å². The van der Waals surface area contributed by atoms with Gasteiger partial charge in [-0.1, -0.05) is 42.7 Å². The monoisotopic (exact) mass is 216 g/mol. The van der Waals surface area contributed by atoms with Gasteiger partial charge in [-0.2, -0.15) is 0 Å². The van der Waals surface area contributed by atoms with Gasteiger partial charge in [0.05, 0.1) is 5.60 Å². The molecule has 2 saturated carbocycles. The molecule has 0 aliphatic heterocycles. The van der Waals surface area contributed by atoms with Crippen LogP contribution in [0, 0.1) is 18.8 Å². The molecule has 0 heterocycles. The molecule has 2 fully saturated rings. The van der Waals surface area contributed by atoms with Gasteiger partial charge in [0, 0.05) is 6.42 Å². The molecule has 0 aromatic heterocycles. The maximum Gasteiger partial charge on any atom is 0.0751 e. The molecule has 0 amide bonds. The van der Waals surface area contributed by atoms with Crippen molar-refractivity contribution in [2.45, 2.75) is 44.6 Å². The van der Waals surface area contributed by atoms with Crippen LogP contribution in [0.4, 0.5) is 0 Å². The zero-order valence-electron chi connectivity index (χ0n) is 9.95. The minimum atomic E-state index is -0.357. The first kappa shape index (κ1) is 10.3. The molecular formula is C15H20O. The van der Waals surface area contributed by atoms with E-state index in [9.17, 15) is 5.11 Å². The van der Waals surface area contributed by atoms with E-state index in [1.54, 1.807) is 0 Å². The minimum absolute atomic E-state index is 0.357. The second-order valence-corrected chi connectivity index (χ2v) is 5.65. The van der Waals surface area contributed by atoms with Crippen molar-refractivity contribution >= 4 is 0 Å². The molecule has 3 rings (SSSR count). The number of hydrogen-bond donors (Lipinski definition) is 1. The fourth-order valence-electron chi connectivity index (χ4n) is 3.63. The van der Waals surface area contributed by atoms with Crippen LogP contribution in [0.1, 0.15) is 36.8 Å². The van der Waals surface area contributed by atoms with Gasteiger partial charge in [-0.3, -0.25) is 0 Å². The van der Waals surface area contributed by atoms with Gasteiger partial charge in [0.2, 0.25) is 0 Å². The van der Waals surface area contributed by atoms with Gasteiger partial charge < -0.3 is 5.11 Å². The number of fused-ring (bicyclic) bond motifs is 1. The van der Waals surface area contributed by atoms with Gasteiger partial charge in [0.1, 0.15) is 0 Å². The Hall–Kier alpha value is -0.820. The largest absolute Gasteiger partial charge is 0.389 e. The van der Waals surface area contributed by atoms with Crippen molar-refractivity contribution < 1.29 is 5.11 Å². The fourth-order valence-corrected chi connectivity index (χ4v) is 3.63. The Kier molecular flexibility index (Phi) is 2.32. The molecule has 1 nitrogen and oxygen atoms in total. The lowest BCUT2D eigenvalue weighted by Gasteiger charge is -2.11. The van der Waals surface area contributed by atoms with Gasteiger partial charge in [0.15, 0.2) is 0 Å². The summed E-state index contributed by atoms with van der Waals surface area (Å²) in [5, 5.41) is 10.6. The van der Waals surface area contributed by atoms with Crippen molar-refractivity contribution in [3.63, 3.8) is 0 Å². The first-order valence-corrected chi connectivity index (χ1v) is 6.48. The van der Waals surface area contributed by atoms with Crippen molar-refractivity contribution in [1.82, 2.24) is 0 Å². The fraction of sp³-hybridized carbons (Fsp3) is 0.600. The van der Waals surface area contributed by atoms with Crippen molar-refractivity contribution in [3.8, 4) is 0 Å². The number of hydrogen-bond acceptors (Lipinski definition) is 1. The number of aliphatic hydroxyl groups is 1. The first-order chi connectivity index (χ1) is 7.70. The molecule has 16 heavy (non-hydrogen) atoms. The Morgan fingerprint density at radius 3 is 2.56 bits per heavy atom. The average Bonchev–Trinajstić information content (AvgIpc) is 2.85. The Morgan fingerprint density at radius 1 is 1.25 bits per heavy atom. The third-order valence-corrected chi connectivity index (χ3v) is 4.51. The maximum atomic E-state index is 10.6. The molecule has 0 spiro atoms. The molecule has 1 N–H and O–H groups in total. The summed E-state index contributed by atoms with van der Waals surface area (Å²) in [6, 6.07) is 8.57. The molecule has 1 aromatic rings. The smallest absolute Gasteiger partial charge is 0.0751 e. The summed E-state index contributed by atoms with van der Waals surface area (Å²) in [6.45, 7) is 2.12. The first-order valence-electron chi connectivity index (χ1n) is 6.48. The second-order valence-electron chi connectivity index (χ2n) is 5.65. The summed E-state index contributed by atoms with van der Waals surface area (Å²) in [5.41, 5.74) is 2.24. The van der Waals surface area contributed by atoms with Crippen LogP contribution in [0.5, 0.6) is 0 Å². The normalized spacial score (nSPS) is 36.9. The van der Waals surface area contributed by atoms with Gasteiger partial charge in [0.25, 0.3) is 0 Å². The van der Waals surface area contributed by atoms with Crippen LogP contribution in [0.25, 0.3) is 0 Å². The maximum absolute atomic E-state index is 10.6. The summed E-state index contributed by atoms with van der Waals surface area (Å²) in [5.74, 6) is 1.20. The summed E-state index contributed by atoms with van der Waals surface area (Å²) < 4.78 is 0. The predicted molar refractivity (Wildman–Crippen MR) is 65.3 cm³/mol. The summed E-state index contributed by atoms with van der Waals surface area (Å²) in [7, 11) is 0. The van der Waals surface area contributed by atoms with E-state index in [4.69, 9.17) is 0 Å². The van der Waals surface area contributed by atoms with Crippen LogP contribution in [0.15, 0.2) is 24.3 Å². The molecule has 0 radical (unpaired) electrons. The molecule has 86 valence electrons. The van der Waals surface area contributed by atoms with Crippen molar-refractivity contribution in [2.75, 3.05) is 0 Å². The third kappa shape index (κ3) is 1.58. The van der Waals surface area contributed by atoms with Crippen LogP contribution < -0.4 is 0 Å². The third-order valence-electron chi connectivity index (χ3n) is 4.51. The Bertz CT molecular complexity index is 384. The van der Waals surface area contributed by atoms with Crippen LogP contribution in [-0.4, -0.2) is 10.7 Å². The number of aryl methyl sites for hydroxylation is 1. The molecule has 0 bridgehead atoms. The molecule has 0 saturated heterocycles. The van der Waals surface area contributed by atoms with Crippen molar-refractivity contribution in [2.24, 2.45) is 11.8 Å². The number of benzene rings is 1. The Morgan fingerprint density at radius 2 is 1.94 bits per heavy atom. The van der Waals surface area contributed by atoms with Gasteiger partial charge in [-0.05, 0) is 37.2 Å². The summed E-state index contributed by atoms with van der Waals surface area (Å²) in [6.07, 6.45) is 5.98. The lowest BCUT2D eigenvalue weighted by Crippen LogP contribution is -2.16. The number of rotatable bonds is 2. The average molecular weight is 216 g/mol. The van der Waals surface area contributed by atoms with Crippen LogP contribution >= 0.6 is 0 Å².